The van der Waals surface area contributed by atoms with Crippen LogP contribution in [0.1, 0.15) is 26.2 Å². The molecule has 0 aliphatic carbocycles. The highest BCUT2D eigenvalue weighted by molar-refractivity contribution is 5.80. The minimum atomic E-state index is -4.19. The molecule has 6 nitrogen and oxygen atoms in total. The van der Waals surface area contributed by atoms with Crippen LogP contribution in [0.4, 0.5) is 13.2 Å². The fraction of sp³-hybridized carbons (Fsp3) is 0.867. The standard InChI is InChI=1S/C15H27F3N4O2/c1-12(15(16,17)18)21-8-10-22(11-9-21)14(19-2)20-7-5-4-6-13(23)24-3/h12H,4-11H2,1-3H3,(H,19,20). The predicted molar refractivity (Wildman–Crippen MR) is 85.9 cm³/mol. The first-order chi connectivity index (χ1) is 11.3. The van der Waals surface area contributed by atoms with Gasteiger partial charge in [-0.25, -0.2) is 0 Å². The van der Waals surface area contributed by atoms with Crippen molar-refractivity contribution in [3.63, 3.8) is 0 Å². The van der Waals surface area contributed by atoms with Crippen LogP contribution in [0.2, 0.25) is 0 Å². The SMILES string of the molecule is CN=C(NCCCCC(=O)OC)N1CCN(C(C)C(F)(F)F)CC1. The van der Waals surface area contributed by atoms with Gasteiger partial charge < -0.3 is 15.0 Å². The van der Waals surface area contributed by atoms with E-state index in [1.165, 1.54) is 18.9 Å². The summed E-state index contributed by atoms with van der Waals surface area (Å²) in [7, 11) is 3.02. The lowest BCUT2D eigenvalue weighted by molar-refractivity contribution is -0.181. The Morgan fingerprint density at radius 2 is 1.88 bits per heavy atom. The molecule has 1 rings (SSSR count). The zero-order chi connectivity index (χ0) is 18.2. The van der Waals surface area contributed by atoms with E-state index < -0.39 is 12.2 Å². The van der Waals surface area contributed by atoms with E-state index in [4.69, 9.17) is 0 Å². The van der Waals surface area contributed by atoms with Crippen LogP contribution in [-0.2, 0) is 9.53 Å². The number of aliphatic imine (C=N–C) groups is 1. The second-order valence-electron chi connectivity index (χ2n) is 5.75. The Labute approximate surface area is 141 Å². The smallest absolute Gasteiger partial charge is 0.403 e. The molecule has 1 heterocycles. The third kappa shape index (κ3) is 6.54. The third-order valence-corrected chi connectivity index (χ3v) is 4.17. The summed E-state index contributed by atoms with van der Waals surface area (Å²) in [6.07, 6.45) is -2.31. The molecular formula is C15H27F3N4O2. The monoisotopic (exact) mass is 352 g/mol. The highest BCUT2D eigenvalue weighted by Gasteiger charge is 2.41. The first-order valence-corrected chi connectivity index (χ1v) is 8.12. The number of methoxy groups -OCH3 is 1. The zero-order valence-corrected chi connectivity index (χ0v) is 14.5. The van der Waals surface area contributed by atoms with E-state index in [9.17, 15) is 18.0 Å². The molecule has 0 spiro atoms. The number of guanidine groups is 1. The molecule has 24 heavy (non-hydrogen) atoms. The molecule has 1 unspecified atom stereocenters. The number of esters is 1. The lowest BCUT2D eigenvalue weighted by atomic mass is 10.2. The van der Waals surface area contributed by atoms with Gasteiger partial charge in [0.1, 0.15) is 6.04 Å². The summed E-state index contributed by atoms with van der Waals surface area (Å²) in [5.41, 5.74) is 0. The normalized spacial score (nSPS) is 18.4. The predicted octanol–water partition coefficient (Wildman–Crippen LogP) is 1.47. The van der Waals surface area contributed by atoms with Gasteiger partial charge in [-0.15, -0.1) is 0 Å². The van der Waals surface area contributed by atoms with E-state index in [-0.39, 0.29) is 5.97 Å². The molecule has 0 amide bonds. The van der Waals surface area contributed by atoms with E-state index >= 15 is 0 Å². The van der Waals surface area contributed by atoms with Crippen LogP contribution >= 0.6 is 0 Å². The van der Waals surface area contributed by atoms with Crippen molar-refractivity contribution in [3.05, 3.63) is 0 Å². The number of nitrogens with zero attached hydrogens (tertiary/aromatic N) is 3. The number of hydrogen-bond donors (Lipinski definition) is 1. The number of hydrogen-bond acceptors (Lipinski definition) is 4. The zero-order valence-electron chi connectivity index (χ0n) is 14.5. The molecule has 0 aromatic heterocycles. The minimum Gasteiger partial charge on any atom is -0.469 e. The first-order valence-electron chi connectivity index (χ1n) is 8.12. The van der Waals surface area contributed by atoms with Crippen molar-refractivity contribution in [1.82, 2.24) is 15.1 Å². The first kappa shape index (κ1) is 20.5. The van der Waals surface area contributed by atoms with Crippen molar-refractivity contribution in [2.45, 2.75) is 38.4 Å². The highest BCUT2D eigenvalue weighted by Crippen LogP contribution is 2.25. The summed E-state index contributed by atoms with van der Waals surface area (Å²) in [5, 5.41) is 3.19. The number of unbranched alkanes of at least 4 members (excludes halogenated alkanes) is 1. The molecule has 1 fully saturated rings. The lowest BCUT2D eigenvalue weighted by Crippen LogP contribution is -2.56. The van der Waals surface area contributed by atoms with Crippen molar-refractivity contribution in [2.24, 2.45) is 4.99 Å². The average Bonchev–Trinajstić information content (AvgIpc) is 2.56. The summed E-state index contributed by atoms with van der Waals surface area (Å²) < 4.78 is 42.8. The van der Waals surface area contributed by atoms with Crippen LogP contribution in [0.5, 0.6) is 0 Å². The van der Waals surface area contributed by atoms with Gasteiger partial charge in [-0.3, -0.25) is 14.7 Å². The van der Waals surface area contributed by atoms with Gasteiger partial charge in [-0.2, -0.15) is 13.2 Å². The van der Waals surface area contributed by atoms with Crippen LogP contribution in [0, 0.1) is 0 Å². The topological polar surface area (TPSA) is 57.2 Å². The molecule has 0 radical (unpaired) electrons. The maximum absolute atomic E-state index is 12.8. The van der Waals surface area contributed by atoms with E-state index in [1.807, 2.05) is 4.90 Å². The Morgan fingerprint density at radius 3 is 2.38 bits per heavy atom. The summed E-state index contributed by atoms with van der Waals surface area (Å²) >= 11 is 0. The number of ether oxygens (including phenoxy) is 1. The maximum atomic E-state index is 12.8. The van der Waals surface area contributed by atoms with Crippen molar-refractivity contribution in [1.29, 1.82) is 0 Å². The molecule has 9 heteroatoms. The van der Waals surface area contributed by atoms with Gasteiger partial charge in [0.2, 0.25) is 0 Å². The maximum Gasteiger partial charge on any atom is 0.403 e. The van der Waals surface area contributed by atoms with Crippen LogP contribution in [-0.4, -0.2) is 80.8 Å². The van der Waals surface area contributed by atoms with E-state index in [2.05, 4.69) is 15.0 Å². The molecule has 1 saturated heterocycles. The number of carbonyl (C=O) groups is 1. The summed E-state index contributed by atoms with van der Waals surface area (Å²) in [4.78, 5) is 18.6. The summed E-state index contributed by atoms with van der Waals surface area (Å²) in [5.74, 6) is 0.460. The van der Waals surface area contributed by atoms with Crippen molar-refractivity contribution < 1.29 is 22.7 Å². The Balaban J connectivity index is 2.32. The number of nitrogens with one attached hydrogen (secondary N) is 1. The van der Waals surface area contributed by atoms with Crippen LogP contribution < -0.4 is 5.32 Å². The molecule has 0 saturated carbocycles. The van der Waals surface area contributed by atoms with Gasteiger partial charge in [0.05, 0.1) is 7.11 Å². The van der Waals surface area contributed by atoms with E-state index in [1.54, 1.807) is 7.05 Å². The molecule has 0 bridgehead atoms. The van der Waals surface area contributed by atoms with Crippen molar-refractivity contribution in [2.75, 3.05) is 46.9 Å². The lowest BCUT2D eigenvalue weighted by Gasteiger charge is -2.39. The van der Waals surface area contributed by atoms with Crippen LogP contribution in [0.25, 0.3) is 0 Å². The fourth-order valence-electron chi connectivity index (χ4n) is 2.56. The molecule has 1 aliphatic heterocycles. The largest absolute Gasteiger partial charge is 0.469 e. The molecule has 0 aromatic rings. The van der Waals surface area contributed by atoms with Crippen molar-refractivity contribution >= 4 is 11.9 Å². The van der Waals surface area contributed by atoms with Crippen LogP contribution in [0.15, 0.2) is 4.99 Å². The van der Waals surface area contributed by atoms with E-state index in [0.29, 0.717) is 51.5 Å². The number of alkyl halides is 3. The molecular weight excluding hydrogens is 325 g/mol. The Hall–Kier alpha value is -1.51. The summed E-state index contributed by atoms with van der Waals surface area (Å²) in [6, 6.07) is -1.42. The van der Waals surface area contributed by atoms with Gasteiger partial charge in [-0.05, 0) is 19.8 Å². The molecule has 0 aromatic carbocycles. The number of rotatable bonds is 6. The Kier molecular flexibility index (Phi) is 8.30. The van der Waals surface area contributed by atoms with E-state index in [0.717, 1.165) is 6.42 Å². The van der Waals surface area contributed by atoms with Gasteiger partial charge in [0.15, 0.2) is 5.96 Å². The second-order valence-corrected chi connectivity index (χ2v) is 5.75. The third-order valence-electron chi connectivity index (χ3n) is 4.17. The molecule has 1 N–H and O–H groups in total. The number of piperazine rings is 1. The van der Waals surface area contributed by atoms with Gasteiger partial charge >= 0.3 is 12.1 Å². The highest BCUT2D eigenvalue weighted by atomic mass is 19.4. The van der Waals surface area contributed by atoms with Gasteiger partial charge in [0, 0.05) is 46.2 Å². The van der Waals surface area contributed by atoms with Crippen molar-refractivity contribution in [3.8, 4) is 0 Å². The minimum absolute atomic E-state index is 0.228. The number of carbonyl (C=O) groups excluding carboxylic acids is 1. The van der Waals surface area contributed by atoms with Crippen LogP contribution in [0.3, 0.4) is 0 Å². The molecule has 1 aliphatic rings. The molecule has 1 atom stereocenters. The van der Waals surface area contributed by atoms with Gasteiger partial charge in [-0.1, -0.05) is 0 Å². The van der Waals surface area contributed by atoms with Gasteiger partial charge in [0.25, 0.3) is 0 Å². The molecule has 140 valence electrons. The second kappa shape index (κ2) is 9.71. The average molecular weight is 352 g/mol. The quantitative estimate of drug-likeness (QED) is 0.340. The fourth-order valence-corrected chi connectivity index (χ4v) is 2.56. The number of halogens is 3. The Morgan fingerprint density at radius 1 is 1.25 bits per heavy atom. The summed E-state index contributed by atoms with van der Waals surface area (Å²) in [6.45, 7) is 3.56. The Bertz CT molecular complexity index is 421.